The maximum absolute atomic E-state index is 6.07. The fourth-order valence-corrected chi connectivity index (χ4v) is 11.8. The van der Waals surface area contributed by atoms with Gasteiger partial charge in [0.1, 0.15) is 5.82 Å². The molecule has 0 N–H and O–H groups in total. The molecule has 0 unspecified atom stereocenters. The number of anilines is 6. The number of nitrogens with zero attached hydrogens (tertiary/aromatic N) is 3. The van der Waals surface area contributed by atoms with Gasteiger partial charge in [-0.3, -0.25) is 4.90 Å². The molecule has 2 aliphatic carbocycles. The van der Waals surface area contributed by atoms with Crippen LogP contribution in [0.2, 0.25) is 0 Å². The second-order valence-electron chi connectivity index (χ2n) is 24.8. The number of rotatable bonds is 2. The predicted octanol–water partition coefficient (Wildman–Crippen LogP) is 13.4. The first-order valence-electron chi connectivity index (χ1n) is 22.9. The van der Waals surface area contributed by atoms with Crippen LogP contribution in [0.15, 0.2) is 78.9 Å². The van der Waals surface area contributed by atoms with Gasteiger partial charge in [-0.2, -0.15) is 0 Å². The Labute approximate surface area is 363 Å². The second-order valence-corrected chi connectivity index (χ2v) is 24.8. The lowest BCUT2D eigenvalue weighted by Gasteiger charge is -2.50. The second kappa shape index (κ2) is 12.6. The zero-order valence-electron chi connectivity index (χ0n) is 40.0. The summed E-state index contributed by atoms with van der Waals surface area (Å²) < 4.78 is 0. The SMILES string of the molecule is CC(C)(C)c1ccc(N2c3ccc(C(C)(C)C)cc3B3c4ccc5c(c4N(c4ccc(C(C)(C)C)cc4)c4c3c2nc2c4C(C)(C)CCC2(C)C)C(C)(C)CC5(C)C)cc1. The monoisotopic (exact) mass is 796 g/mol. The lowest BCUT2D eigenvalue weighted by molar-refractivity contribution is 0.324. The molecule has 4 heteroatoms. The molecule has 4 aromatic carbocycles. The van der Waals surface area contributed by atoms with Crippen LogP contribution in [-0.4, -0.2) is 11.7 Å². The highest BCUT2D eigenvalue weighted by Crippen LogP contribution is 2.59. The average Bonchev–Trinajstić information content (AvgIpc) is 3.34. The predicted molar refractivity (Wildman–Crippen MR) is 260 cm³/mol. The van der Waals surface area contributed by atoms with Gasteiger partial charge in [-0.1, -0.05) is 166 Å². The van der Waals surface area contributed by atoms with Gasteiger partial charge in [-0.05, 0) is 126 Å². The first-order chi connectivity index (χ1) is 27.6. The van der Waals surface area contributed by atoms with Crippen molar-refractivity contribution in [3.05, 3.63) is 118 Å². The number of benzene rings is 4. The lowest BCUT2D eigenvalue weighted by atomic mass is 9.33. The Morgan fingerprint density at radius 1 is 0.500 bits per heavy atom. The Bertz CT molecular complexity index is 2560. The minimum absolute atomic E-state index is 0.0142. The van der Waals surface area contributed by atoms with E-state index in [0.29, 0.717) is 0 Å². The summed E-state index contributed by atoms with van der Waals surface area (Å²) in [5, 5.41) is 0. The molecule has 5 aromatic rings. The van der Waals surface area contributed by atoms with Crippen molar-refractivity contribution < 1.29 is 0 Å². The van der Waals surface area contributed by atoms with E-state index in [1.54, 1.807) is 0 Å². The van der Waals surface area contributed by atoms with E-state index in [1.165, 1.54) is 78.2 Å². The van der Waals surface area contributed by atoms with Gasteiger partial charge in [-0.25, -0.2) is 4.98 Å². The van der Waals surface area contributed by atoms with E-state index in [9.17, 15) is 0 Å². The van der Waals surface area contributed by atoms with Crippen LogP contribution in [0.5, 0.6) is 0 Å². The van der Waals surface area contributed by atoms with Gasteiger partial charge in [0.15, 0.2) is 0 Å². The maximum atomic E-state index is 6.07. The smallest absolute Gasteiger partial charge is 0.254 e. The molecule has 0 spiro atoms. The van der Waals surface area contributed by atoms with Crippen LogP contribution < -0.4 is 26.2 Å². The first-order valence-corrected chi connectivity index (χ1v) is 22.9. The summed E-state index contributed by atoms with van der Waals surface area (Å²) in [6, 6.07) is 31.4. The van der Waals surface area contributed by atoms with Crippen molar-refractivity contribution in [3.63, 3.8) is 0 Å². The van der Waals surface area contributed by atoms with E-state index in [1.807, 2.05) is 0 Å². The zero-order valence-corrected chi connectivity index (χ0v) is 40.0. The molecule has 2 aliphatic heterocycles. The number of hydrogen-bond acceptors (Lipinski definition) is 3. The van der Waals surface area contributed by atoms with Crippen molar-refractivity contribution in [2.45, 2.75) is 175 Å². The van der Waals surface area contributed by atoms with Crippen molar-refractivity contribution in [1.29, 1.82) is 0 Å². The highest BCUT2D eigenvalue weighted by Gasteiger charge is 2.54. The summed E-state index contributed by atoms with van der Waals surface area (Å²) >= 11 is 0. The van der Waals surface area contributed by atoms with Crippen LogP contribution in [0.3, 0.4) is 0 Å². The van der Waals surface area contributed by atoms with Gasteiger partial charge < -0.3 is 4.90 Å². The molecule has 1 aromatic heterocycles. The fraction of sp³-hybridized carbons (Fsp3) is 0.482. The summed E-state index contributed by atoms with van der Waals surface area (Å²) in [6.07, 6.45) is 3.32. The minimum atomic E-state index is -0.105. The van der Waals surface area contributed by atoms with Gasteiger partial charge in [0.2, 0.25) is 0 Å². The number of hydrogen-bond donors (Lipinski definition) is 0. The number of aromatic nitrogens is 1. The Morgan fingerprint density at radius 2 is 1.02 bits per heavy atom. The quantitative estimate of drug-likeness (QED) is 0.163. The molecule has 312 valence electrons. The van der Waals surface area contributed by atoms with Crippen molar-refractivity contribution in [2.24, 2.45) is 0 Å². The molecule has 0 saturated carbocycles. The van der Waals surface area contributed by atoms with Crippen molar-refractivity contribution in [2.75, 3.05) is 9.80 Å². The van der Waals surface area contributed by atoms with Crippen LogP contribution in [0.25, 0.3) is 0 Å². The highest BCUT2D eigenvalue weighted by atomic mass is 15.2. The average molecular weight is 796 g/mol. The zero-order chi connectivity index (χ0) is 43.5. The van der Waals surface area contributed by atoms with Crippen molar-refractivity contribution in [1.82, 2.24) is 4.98 Å². The third-order valence-electron chi connectivity index (χ3n) is 15.1. The van der Waals surface area contributed by atoms with Gasteiger partial charge in [0.05, 0.1) is 11.4 Å². The highest BCUT2D eigenvalue weighted by molar-refractivity contribution is 7.00. The molecule has 3 heterocycles. The van der Waals surface area contributed by atoms with Crippen LogP contribution in [0, 0.1) is 0 Å². The summed E-state index contributed by atoms with van der Waals surface area (Å²) in [4.78, 5) is 11.4. The largest absolute Gasteiger partial charge is 0.311 e. The fourth-order valence-electron chi connectivity index (χ4n) is 11.8. The van der Waals surface area contributed by atoms with E-state index < -0.39 is 0 Å². The molecular weight excluding hydrogens is 725 g/mol. The Balaban J connectivity index is 1.49. The minimum Gasteiger partial charge on any atom is -0.311 e. The summed E-state index contributed by atoms with van der Waals surface area (Å²) in [7, 11) is 0. The summed E-state index contributed by atoms with van der Waals surface area (Å²) in [5.74, 6) is 1.08. The third-order valence-corrected chi connectivity index (χ3v) is 15.1. The Morgan fingerprint density at radius 3 is 1.57 bits per heavy atom. The molecule has 3 nitrogen and oxygen atoms in total. The number of fused-ring (bicyclic) bond motifs is 8. The standard InChI is InChI=1S/C56H70BN3/c1-50(2,3)34-18-23-37(24-19-34)59-42-29-22-36(52(7,8)9)32-41(42)57-40-28-27-39-43(56(16,17)33-55(39,14)15)46(40)60(38-25-20-35(21-26-38)51(4,5)6)47-44-48(58-49(59)45(47)57)54(12,13)31-30-53(44,10)11/h18-29,32H,30-31,33H2,1-17H3. The van der Waals surface area contributed by atoms with Crippen LogP contribution in [0.1, 0.15) is 176 Å². The molecule has 0 amide bonds. The van der Waals surface area contributed by atoms with Gasteiger partial charge in [0, 0.05) is 33.7 Å². The normalized spacial score (nSPS) is 19.3. The first kappa shape index (κ1) is 41.1. The van der Waals surface area contributed by atoms with E-state index in [2.05, 4.69) is 206 Å². The van der Waals surface area contributed by atoms with Gasteiger partial charge >= 0.3 is 0 Å². The Hall–Kier alpha value is -4.31. The van der Waals surface area contributed by atoms with E-state index in [4.69, 9.17) is 4.98 Å². The van der Waals surface area contributed by atoms with Gasteiger partial charge in [0.25, 0.3) is 6.71 Å². The molecule has 0 bridgehead atoms. The molecule has 0 saturated heterocycles. The molecule has 4 aliphatic rings. The summed E-state index contributed by atoms with van der Waals surface area (Å²) in [6.45, 7) is 40.8. The van der Waals surface area contributed by atoms with Crippen molar-refractivity contribution in [3.8, 4) is 0 Å². The molecule has 0 fully saturated rings. The Kier molecular flexibility index (Phi) is 8.65. The molecule has 0 radical (unpaired) electrons. The lowest BCUT2D eigenvalue weighted by Crippen LogP contribution is -2.63. The van der Waals surface area contributed by atoms with Crippen LogP contribution in [-0.2, 0) is 37.9 Å². The molecule has 60 heavy (non-hydrogen) atoms. The van der Waals surface area contributed by atoms with Crippen LogP contribution in [0.4, 0.5) is 34.3 Å². The molecule has 9 rings (SSSR count). The van der Waals surface area contributed by atoms with Crippen molar-refractivity contribution >= 4 is 57.4 Å². The summed E-state index contributed by atoms with van der Waals surface area (Å²) in [5.41, 5.74) is 20.2. The van der Waals surface area contributed by atoms with E-state index >= 15 is 0 Å². The molecule has 0 atom stereocenters. The van der Waals surface area contributed by atoms with E-state index in [-0.39, 0.29) is 44.6 Å². The van der Waals surface area contributed by atoms with Crippen LogP contribution >= 0.6 is 0 Å². The van der Waals surface area contributed by atoms with E-state index in [0.717, 1.165) is 30.8 Å². The topological polar surface area (TPSA) is 19.4 Å². The number of pyridine rings is 1. The third kappa shape index (κ3) is 6.07. The maximum Gasteiger partial charge on any atom is 0.254 e. The van der Waals surface area contributed by atoms with Gasteiger partial charge in [-0.15, -0.1) is 0 Å². The molecular formula is C56H70BN3.